The third-order valence-corrected chi connectivity index (χ3v) is 5.36. The van der Waals surface area contributed by atoms with Gasteiger partial charge < -0.3 is 19.7 Å². The molecule has 1 N–H and O–H groups in total. The minimum absolute atomic E-state index is 0.458. The second kappa shape index (κ2) is 9.68. The highest BCUT2D eigenvalue weighted by Gasteiger charge is 2.10. The first-order valence-corrected chi connectivity index (χ1v) is 10.3. The van der Waals surface area contributed by atoms with Crippen molar-refractivity contribution >= 4 is 23.0 Å². The first-order chi connectivity index (χ1) is 14.3. The second-order valence-electron chi connectivity index (χ2n) is 7.03. The summed E-state index contributed by atoms with van der Waals surface area (Å²) in [5, 5.41) is 4.21. The van der Waals surface area contributed by atoms with Gasteiger partial charge in [0, 0.05) is 41.6 Å². The van der Waals surface area contributed by atoms with Crippen molar-refractivity contribution in [1.29, 1.82) is 0 Å². The van der Waals surface area contributed by atoms with E-state index in [2.05, 4.69) is 46.6 Å². The molecule has 0 aromatic heterocycles. The van der Waals surface area contributed by atoms with E-state index in [9.17, 15) is 0 Å². The summed E-state index contributed by atoms with van der Waals surface area (Å²) in [6.07, 6.45) is 0. The fourth-order valence-electron chi connectivity index (χ4n) is 3.34. The molecule has 0 atom stereocenters. The number of morpholine rings is 1. The van der Waals surface area contributed by atoms with Crippen molar-refractivity contribution in [3.63, 3.8) is 0 Å². The molecule has 1 saturated heterocycles. The standard InChI is InChI=1S/C24H25ClN2O2/c25-24-7-2-1-5-20(24)18-29-23-6-3-4-19(16-23)17-26-21-8-10-22(11-9-21)27-12-14-28-15-13-27/h1-11,16,26H,12-15,17-18H2. The predicted octanol–water partition coefficient (Wildman–Crippen LogP) is 5.37. The van der Waals surface area contributed by atoms with E-state index in [1.54, 1.807) is 0 Å². The second-order valence-corrected chi connectivity index (χ2v) is 7.43. The molecule has 0 aliphatic carbocycles. The van der Waals surface area contributed by atoms with E-state index < -0.39 is 0 Å². The minimum atomic E-state index is 0.458. The number of nitrogens with zero attached hydrogens (tertiary/aromatic N) is 1. The summed E-state index contributed by atoms with van der Waals surface area (Å²) < 4.78 is 11.3. The average molecular weight is 409 g/mol. The monoisotopic (exact) mass is 408 g/mol. The average Bonchev–Trinajstić information content (AvgIpc) is 2.78. The van der Waals surface area contributed by atoms with Crippen LogP contribution in [0.15, 0.2) is 72.8 Å². The van der Waals surface area contributed by atoms with Gasteiger partial charge in [0.15, 0.2) is 0 Å². The summed E-state index contributed by atoms with van der Waals surface area (Å²) in [4.78, 5) is 2.35. The Labute approximate surface area is 177 Å². The topological polar surface area (TPSA) is 33.7 Å². The van der Waals surface area contributed by atoms with Crippen LogP contribution in [0.2, 0.25) is 5.02 Å². The molecule has 0 unspecified atom stereocenters. The summed E-state index contributed by atoms with van der Waals surface area (Å²) in [5.74, 6) is 0.840. The van der Waals surface area contributed by atoms with Gasteiger partial charge >= 0.3 is 0 Å². The van der Waals surface area contributed by atoms with Gasteiger partial charge in [0.1, 0.15) is 12.4 Å². The molecule has 0 saturated carbocycles. The molecule has 29 heavy (non-hydrogen) atoms. The number of ether oxygens (including phenoxy) is 2. The Kier molecular flexibility index (Phi) is 6.55. The van der Waals surface area contributed by atoms with Crippen LogP contribution < -0.4 is 15.0 Å². The first-order valence-electron chi connectivity index (χ1n) is 9.90. The minimum Gasteiger partial charge on any atom is -0.489 e. The Hall–Kier alpha value is -2.69. The fourth-order valence-corrected chi connectivity index (χ4v) is 3.53. The highest BCUT2D eigenvalue weighted by Crippen LogP contribution is 2.22. The number of hydrogen-bond acceptors (Lipinski definition) is 4. The van der Waals surface area contributed by atoms with E-state index in [1.807, 2.05) is 36.4 Å². The van der Waals surface area contributed by atoms with Crippen LogP contribution in [0, 0.1) is 0 Å². The molecule has 0 bridgehead atoms. The van der Waals surface area contributed by atoms with Crippen LogP contribution in [0.5, 0.6) is 5.75 Å². The van der Waals surface area contributed by atoms with Gasteiger partial charge in [-0.2, -0.15) is 0 Å². The molecule has 0 radical (unpaired) electrons. The van der Waals surface area contributed by atoms with Crippen LogP contribution in [-0.2, 0) is 17.9 Å². The van der Waals surface area contributed by atoms with Gasteiger partial charge in [-0.05, 0) is 48.0 Å². The molecular weight excluding hydrogens is 384 g/mol. The van der Waals surface area contributed by atoms with Crippen molar-refractivity contribution in [2.24, 2.45) is 0 Å². The largest absolute Gasteiger partial charge is 0.489 e. The summed E-state index contributed by atoms with van der Waals surface area (Å²) in [5.41, 5.74) is 4.50. The lowest BCUT2D eigenvalue weighted by Crippen LogP contribution is -2.36. The van der Waals surface area contributed by atoms with Crippen molar-refractivity contribution in [3.05, 3.63) is 88.9 Å². The zero-order chi connectivity index (χ0) is 19.9. The Morgan fingerprint density at radius 1 is 0.931 bits per heavy atom. The van der Waals surface area contributed by atoms with Gasteiger partial charge in [-0.1, -0.05) is 41.9 Å². The Morgan fingerprint density at radius 3 is 2.52 bits per heavy atom. The lowest BCUT2D eigenvalue weighted by molar-refractivity contribution is 0.122. The highest BCUT2D eigenvalue weighted by atomic mass is 35.5. The number of halogens is 1. The van der Waals surface area contributed by atoms with E-state index in [0.717, 1.165) is 54.9 Å². The van der Waals surface area contributed by atoms with E-state index in [0.29, 0.717) is 6.61 Å². The lowest BCUT2D eigenvalue weighted by atomic mass is 10.2. The van der Waals surface area contributed by atoms with Gasteiger partial charge in [-0.25, -0.2) is 0 Å². The molecule has 3 aromatic carbocycles. The van der Waals surface area contributed by atoms with Crippen LogP contribution in [-0.4, -0.2) is 26.3 Å². The molecule has 0 amide bonds. The molecule has 4 nitrogen and oxygen atoms in total. The highest BCUT2D eigenvalue weighted by molar-refractivity contribution is 6.31. The number of benzene rings is 3. The maximum absolute atomic E-state index is 6.20. The van der Waals surface area contributed by atoms with E-state index >= 15 is 0 Å². The van der Waals surface area contributed by atoms with Crippen LogP contribution in [0.1, 0.15) is 11.1 Å². The normalized spacial score (nSPS) is 13.9. The fraction of sp³-hybridized carbons (Fsp3) is 0.250. The van der Waals surface area contributed by atoms with Crippen LogP contribution >= 0.6 is 11.6 Å². The summed E-state index contributed by atoms with van der Waals surface area (Å²) >= 11 is 6.20. The molecule has 150 valence electrons. The van der Waals surface area contributed by atoms with Crippen molar-refractivity contribution in [2.75, 3.05) is 36.5 Å². The Balaban J connectivity index is 1.31. The van der Waals surface area contributed by atoms with Gasteiger partial charge in [0.2, 0.25) is 0 Å². The maximum atomic E-state index is 6.20. The van der Waals surface area contributed by atoms with Crippen molar-refractivity contribution in [3.8, 4) is 5.75 Å². The smallest absolute Gasteiger partial charge is 0.120 e. The molecule has 1 aliphatic heterocycles. The molecular formula is C24H25ClN2O2. The third kappa shape index (κ3) is 5.43. The predicted molar refractivity (Wildman–Crippen MR) is 119 cm³/mol. The van der Waals surface area contributed by atoms with E-state index in [4.69, 9.17) is 21.1 Å². The van der Waals surface area contributed by atoms with Gasteiger partial charge in [-0.3, -0.25) is 0 Å². The molecule has 5 heteroatoms. The van der Waals surface area contributed by atoms with Crippen LogP contribution in [0.4, 0.5) is 11.4 Å². The van der Waals surface area contributed by atoms with Crippen molar-refractivity contribution in [2.45, 2.75) is 13.2 Å². The molecule has 4 rings (SSSR count). The molecule has 1 fully saturated rings. The SMILES string of the molecule is Clc1ccccc1COc1cccc(CNc2ccc(N3CCOCC3)cc2)c1. The first kappa shape index (κ1) is 19.6. The quantitative estimate of drug-likeness (QED) is 0.570. The van der Waals surface area contributed by atoms with E-state index in [-0.39, 0.29) is 0 Å². The zero-order valence-electron chi connectivity index (χ0n) is 16.3. The van der Waals surface area contributed by atoms with Crippen molar-refractivity contribution < 1.29 is 9.47 Å². The summed E-state index contributed by atoms with van der Waals surface area (Å²) in [6, 6.07) is 24.5. The van der Waals surface area contributed by atoms with Crippen molar-refractivity contribution in [1.82, 2.24) is 0 Å². The van der Waals surface area contributed by atoms with E-state index in [1.165, 1.54) is 11.3 Å². The zero-order valence-corrected chi connectivity index (χ0v) is 17.1. The molecule has 3 aromatic rings. The summed E-state index contributed by atoms with van der Waals surface area (Å²) in [6.45, 7) is 4.70. The Bertz CT molecular complexity index is 924. The maximum Gasteiger partial charge on any atom is 0.120 e. The third-order valence-electron chi connectivity index (χ3n) is 4.99. The molecule has 1 aliphatic rings. The summed E-state index contributed by atoms with van der Waals surface area (Å²) in [7, 11) is 0. The molecule has 1 heterocycles. The van der Waals surface area contributed by atoms with Gasteiger partial charge in [0.05, 0.1) is 13.2 Å². The molecule has 0 spiro atoms. The van der Waals surface area contributed by atoms with Crippen LogP contribution in [0.3, 0.4) is 0 Å². The van der Waals surface area contributed by atoms with Crippen LogP contribution in [0.25, 0.3) is 0 Å². The van der Waals surface area contributed by atoms with Gasteiger partial charge in [-0.15, -0.1) is 0 Å². The lowest BCUT2D eigenvalue weighted by Gasteiger charge is -2.28. The van der Waals surface area contributed by atoms with Gasteiger partial charge in [0.25, 0.3) is 0 Å². The number of hydrogen-bond donors (Lipinski definition) is 1. The number of anilines is 2. The number of nitrogens with one attached hydrogen (secondary N) is 1. The Morgan fingerprint density at radius 2 is 1.72 bits per heavy atom. The number of rotatable bonds is 7.